The SMILES string of the molecule is COCCNCc1ccc(N(C)c2ccc(C)cc2)nc1. The summed E-state index contributed by atoms with van der Waals surface area (Å²) in [6.45, 7) is 4.47. The Balaban J connectivity index is 1.96. The molecule has 0 atom stereocenters. The summed E-state index contributed by atoms with van der Waals surface area (Å²) in [7, 11) is 3.74. The van der Waals surface area contributed by atoms with E-state index in [9.17, 15) is 0 Å². The number of nitrogens with zero attached hydrogens (tertiary/aromatic N) is 2. The van der Waals surface area contributed by atoms with Crippen LogP contribution in [0.4, 0.5) is 11.5 Å². The van der Waals surface area contributed by atoms with Gasteiger partial charge in [0.05, 0.1) is 6.61 Å². The lowest BCUT2D eigenvalue weighted by molar-refractivity contribution is 0.199. The van der Waals surface area contributed by atoms with Crippen molar-refractivity contribution in [1.82, 2.24) is 10.3 Å². The zero-order valence-corrected chi connectivity index (χ0v) is 13.0. The van der Waals surface area contributed by atoms with Gasteiger partial charge in [0.1, 0.15) is 5.82 Å². The van der Waals surface area contributed by atoms with Crippen LogP contribution in [0.25, 0.3) is 0 Å². The lowest BCUT2D eigenvalue weighted by Gasteiger charge is -2.18. The summed E-state index contributed by atoms with van der Waals surface area (Å²) in [4.78, 5) is 6.62. The van der Waals surface area contributed by atoms with E-state index in [0.717, 1.165) is 31.2 Å². The average Bonchev–Trinajstić information content (AvgIpc) is 2.52. The van der Waals surface area contributed by atoms with E-state index in [1.54, 1.807) is 7.11 Å². The molecular weight excluding hydrogens is 262 g/mol. The predicted molar refractivity (Wildman–Crippen MR) is 87.1 cm³/mol. The number of aromatic nitrogens is 1. The molecular formula is C17H23N3O. The normalized spacial score (nSPS) is 10.6. The number of aryl methyl sites for hydroxylation is 1. The second-order valence-electron chi connectivity index (χ2n) is 5.09. The first-order valence-corrected chi connectivity index (χ1v) is 7.15. The van der Waals surface area contributed by atoms with Gasteiger partial charge in [0.15, 0.2) is 0 Å². The highest BCUT2D eigenvalue weighted by molar-refractivity contribution is 5.59. The van der Waals surface area contributed by atoms with Gasteiger partial charge in [-0.3, -0.25) is 0 Å². The van der Waals surface area contributed by atoms with Gasteiger partial charge in [0.2, 0.25) is 0 Å². The molecule has 0 fully saturated rings. The summed E-state index contributed by atoms with van der Waals surface area (Å²) < 4.78 is 5.00. The Kier molecular flexibility index (Phi) is 5.72. The first-order valence-electron chi connectivity index (χ1n) is 7.15. The van der Waals surface area contributed by atoms with E-state index < -0.39 is 0 Å². The van der Waals surface area contributed by atoms with E-state index in [2.05, 4.69) is 52.5 Å². The van der Waals surface area contributed by atoms with Gasteiger partial charge in [-0.1, -0.05) is 23.8 Å². The largest absolute Gasteiger partial charge is 0.383 e. The van der Waals surface area contributed by atoms with Crippen molar-refractivity contribution in [1.29, 1.82) is 0 Å². The zero-order valence-electron chi connectivity index (χ0n) is 13.0. The number of ether oxygens (including phenoxy) is 1. The highest BCUT2D eigenvalue weighted by atomic mass is 16.5. The van der Waals surface area contributed by atoms with Gasteiger partial charge in [-0.25, -0.2) is 4.98 Å². The second kappa shape index (κ2) is 7.76. The van der Waals surface area contributed by atoms with Crippen LogP contribution < -0.4 is 10.2 Å². The zero-order chi connectivity index (χ0) is 15.1. The van der Waals surface area contributed by atoms with Crippen molar-refractivity contribution < 1.29 is 4.74 Å². The van der Waals surface area contributed by atoms with Crippen LogP contribution in [0.1, 0.15) is 11.1 Å². The van der Waals surface area contributed by atoms with Crippen molar-refractivity contribution in [2.24, 2.45) is 0 Å². The van der Waals surface area contributed by atoms with E-state index in [1.807, 2.05) is 19.3 Å². The van der Waals surface area contributed by atoms with Crippen molar-refractivity contribution >= 4 is 11.5 Å². The smallest absolute Gasteiger partial charge is 0.132 e. The van der Waals surface area contributed by atoms with Crippen LogP contribution >= 0.6 is 0 Å². The maximum Gasteiger partial charge on any atom is 0.132 e. The minimum Gasteiger partial charge on any atom is -0.383 e. The van der Waals surface area contributed by atoms with Crippen LogP contribution in [0.2, 0.25) is 0 Å². The molecule has 0 saturated carbocycles. The van der Waals surface area contributed by atoms with Gasteiger partial charge in [0, 0.05) is 39.1 Å². The molecule has 2 aromatic rings. The van der Waals surface area contributed by atoms with E-state index in [-0.39, 0.29) is 0 Å². The summed E-state index contributed by atoms with van der Waals surface area (Å²) >= 11 is 0. The number of benzene rings is 1. The summed E-state index contributed by atoms with van der Waals surface area (Å²) in [5.41, 5.74) is 3.57. The molecule has 0 amide bonds. The van der Waals surface area contributed by atoms with E-state index in [1.165, 1.54) is 11.1 Å². The summed E-state index contributed by atoms with van der Waals surface area (Å²) in [6, 6.07) is 12.6. The third-order valence-electron chi connectivity index (χ3n) is 3.39. The van der Waals surface area contributed by atoms with E-state index >= 15 is 0 Å². The molecule has 0 aliphatic rings. The molecule has 1 heterocycles. The Labute approximate surface area is 126 Å². The highest BCUT2D eigenvalue weighted by Gasteiger charge is 2.05. The molecule has 112 valence electrons. The van der Waals surface area contributed by atoms with Crippen LogP contribution in [0, 0.1) is 6.92 Å². The number of nitrogens with one attached hydrogen (secondary N) is 1. The lowest BCUT2D eigenvalue weighted by atomic mass is 10.2. The van der Waals surface area contributed by atoms with Crippen LogP contribution in [0.5, 0.6) is 0 Å². The summed E-state index contributed by atoms with van der Waals surface area (Å²) in [6.07, 6.45) is 1.92. The third kappa shape index (κ3) is 4.55. The fraction of sp³-hybridized carbons (Fsp3) is 0.353. The minimum atomic E-state index is 0.724. The number of hydrogen-bond donors (Lipinski definition) is 1. The molecule has 1 aromatic heterocycles. The third-order valence-corrected chi connectivity index (χ3v) is 3.39. The lowest BCUT2D eigenvalue weighted by Crippen LogP contribution is -2.18. The van der Waals surface area contributed by atoms with E-state index in [0.29, 0.717) is 0 Å². The van der Waals surface area contributed by atoms with Crippen molar-refractivity contribution in [3.05, 3.63) is 53.7 Å². The molecule has 0 bridgehead atoms. The summed E-state index contributed by atoms with van der Waals surface area (Å²) in [5.74, 6) is 0.944. The monoisotopic (exact) mass is 285 g/mol. The van der Waals surface area contributed by atoms with Crippen LogP contribution in [0.3, 0.4) is 0 Å². The molecule has 4 heteroatoms. The quantitative estimate of drug-likeness (QED) is 0.794. The molecule has 0 unspecified atom stereocenters. The van der Waals surface area contributed by atoms with Crippen molar-refractivity contribution in [3.8, 4) is 0 Å². The van der Waals surface area contributed by atoms with Crippen molar-refractivity contribution in [2.75, 3.05) is 32.2 Å². The van der Waals surface area contributed by atoms with Gasteiger partial charge in [0.25, 0.3) is 0 Å². The van der Waals surface area contributed by atoms with Gasteiger partial charge in [-0.15, -0.1) is 0 Å². The van der Waals surface area contributed by atoms with Crippen LogP contribution in [-0.2, 0) is 11.3 Å². The Morgan fingerprint density at radius 2 is 1.90 bits per heavy atom. The standard InChI is InChI=1S/C17H23N3O/c1-14-4-7-16(8-5-14)20(2)17-9-6-15(13-19-17)12-18-10-11-21-3/h4-9,13,18H,10-12H2,1-3H3. The second-order valence-corrected chi connectivity index (χ2v) is 5.09. The molecule has 1 N–H and O–H groups in total. The van der Waals surface area contributed by atoms with Crippen LogP contribution in [-0.4, -0.2) is 32.3 Å². The fourth-order valence-electron chi connectivity index (χ4n) is 2.03. The van der Waals surface area contributed by atoms with Gasteiger partial charge >= 0.3 is 0 Å². The summed E-state index contributed by atoms with van der Waals surface area (Å²) in [5, 5.41) is 3.31. The molecule has 1 aromatic carbocycles. The minimum absolute atomic E-state index is 0.724. The average molecular weight is 285 g/mol. The molecule has 0 radical (unpaired) electrons. The highest BCUT2D eigenvalue weighted by Crippen LogP contribution is 2.21. The maximum absolute atomic E-state index is 5.00. The number of hydrogen-bond acceptors (Lipinski definition) is 4. The fourth-order valence-corrected chi connectivity index (χ4v) is 2.03. The van der Waals surface area contributed by atoms with Gasteiger partial charge in [-0.2, -0.15) is 0 Å². The molecule has 0 saturated heterocycles. The van der Waals surface area contributed by atoms with Gasteiger partial charge < -0.3 is 15.0 Å². The Morgan fingerprint density at radius 1 is 1.14 bits per heavy atom. The van der Waals surface area contributed by atoms with Gasteiger partial charge in [-0.05, 0) is 30.7 Å². The topological polar surface area (TPSA) is 37.4 Å². The first-order chi connectivity index (χ1) is 10.2. The Hall–Kier alpha value is -1.91. The predicted octanol–water partition coefficient (Wildman–Crippen LogP) is 2.89. The molecule has 0 spiro atoms. The number of anilines is 2. The molecule has 4 nitrogen and oxygen atoms in total. The van der Waals surface area contributed by atoms with Crippen molar-refractivity contribution in [3.63, 3.8) is 0 Å². The number of rotatable bonds is 7. The molecule has 2 rings (SSSR count). The molecule has 0 aliphatic heterocycles. The maximum atomic E-state index is 5.00. The number of methoxy groups -OCH3 is 1. The van der Waals surface area contributed by atoms with Crippen LogP contribution in [0.15, 0.2) is 42.6 Å². The molecule has 0 aliphatic carbocycles. The first kappa shape index (κ1) is 15.5. The Bertz CT molecular complexity index is 537. The van der Waals surface area contributed by atoms with Crippen molar-refractivity contribution in [2.45, 2.75) is 13.5 Å². The Morgan fingerprint density at radius 3 is 2.52 bits per heavy atom. The number of pyridine rings is 1. The van der Waals surface area contributed by atoms with E-state index in [4.69, 9.17) is 4.74 Å². The molecule has 21 heavy (non-hydrogen) atoms.